The molecule has 0 fully saturated rings. The third-order valence-electron chi connectivity index (χ3n) is 4.03. The molecule has 4 aromatic rings. The summed E-state index contributed by atoms with van der Waals surface area (Å²) in [5.41, 5.74) is 2.40. The summed E-state index contributed by atoms with van der Waals surface area (Å²) in [6.45, 7) is 0. The molecule has 0 aliphatic rings. The van der Waals surface area contributed by atoms with Crippen molar-refractivity contribution in [1.29, 1.82) is 0 Å². The highest BCUT2D eigenvalue weighted by molar-refractivity contribution is 6.33. The van der Waals surface area contributed by atoms with Gasteiger partial charge in [0.15, 0.2) is 11.2 Å². The number of nitrogens with zero attached hydrogens (tertiary/aromatic N) is 2. The number of ether oxygens (including phenoxy) is 1. The van der Waals surface area contributed by atoms with Crippen molar-refractivity contribution in [2.45, 2.75) is 0 Å². The van der Waals surface area contributed by atoms with E-state index >= 15 is 0 Å². The van der Waals surface area contributed by atoms with Gasteiger partial charge < -0.3 is 14.5 Å². The molecule has 1 N–H and O–H groups in total. The number of benzene rings is 2. The lowest BCUT2D eigenvalue weighted by Gasteiger charge is -2.11. The zero-order valence-electron chi connectivity index (χ0n) is 14.6. The number of aromatic nitrogens is 2. The summed E-state index contributed by atoms with van der Waals surface area (Å²) >= 11 is 12.3. The zero-order chi connectivity index (χ0) is 19.7. The van der Waals surface area contributed by atoms with Crippen molar-refractivity contribution in [3.05, 3.63) is 70.3 Å². The van der Waals surface area contributed by atoms with Gasteiger partial charge in [0.1, 0.15) is 5.75 Å². The largest absolute Gasteiger partial charge is 0.496 e. The number of carbonyl (C=O) groups excluding carboxylic acids is 1. The number of fused-ring (bicyclic) bond motifs is 1. The van der Waals surface area contributed by atoms with Crippen molar-refractivity contribution >= 4 is 46.0 Å². The van der Waals surface area contributed by atoms with E-state index in [-0.39, 0.29) is 5.91 Å². The topological polar surface area (TPSA) is 77.2 Å². The molecule has 0 unspecified atom stereocenters. The number of anilines is 1. The quantitative estimate of drug-likeness (QED) is 0.480. The zero-order valence-corrected chi connectivity index (χ0v) is 16.1. The van der Waals surface area contributed by atoms with Crippen molar-refractivity contribution in [1.82, 2.24) is 9.97 Å². The van der Waals surface area contributed by atoms with Crippen LogP contribution >= 0.6 is 23.2 Å². The monoisotopic (exact) mass is 413 g/mol. The fraction of sp³-hybridized carbons (Fsp3) is 0.0500. The Kier molecular flexibility index (Phi) is 4.90. The lowest BCUT2D eigenvalue weighted by molar-refractivity contribution is 0.102. The molecule has 0 saturated carbocycles. The van der Waals surface area contributed by atoms with E-state index in [9.17, 15) is 4.79 Å². The molecular weight excluding hydrogens is 401 g/mol. The first-order valence-electron chi connectivity index (χ1n) is 8.21. The van der Waals surface area contributed by atoms with Gasteiger partial charge in [-0.05, 0) is 48.5 Å². The van der Waals surface area contributed by atoms with E-state index < -0.39 is 0 Å². The highest BCUT2D eigenvalue weighted by Gasteiger charge is 2.16. The maximum Gasteiger partial charge on any atom is 0.259 e. The summed E-state index contributed by atoms with van der Waals surface area (Å²) in [7, 11) is 1.49. The number of amides is 1. The first kappa shape index (κ1) is 18.3. The summed E-state index contributed by atoms with van der Waals surface area (Å²) in [5.74, 6) is 0.364. The van der Waals surface area contributed by atoms with E-state index in [0.717, 1.165) is 0 Å². The van der Waals surface area contributed by atoms with E-state index in [2.05, 4.69) is 15.3 Å². The van der Waals surface area contributed by atoms with Crippen LogP contribution in [0.2, 0.25) is 10.0 Å². The predicted molar refractivity (Wildman–Crippen MR) is 108 cm³/mol. The van der Waals surface area contributed by atoms with E-state index in [1.807, 2.05) is 0 Å². The molecule has 2 heterocycles. The van der Waals surface area contributed by atoms with E-state index in [1.54, 1.807) is 54.7 Å². The minimum Gasteiger partial charge on any atom is -0.496 e. The molecule has 0 aliphatic carbocycles. The normalized spacial score (nSPS) is 10.8. The average Bonchev–Trinajstić information content (AvgIpc) is 3.13. The van der Waals surface area contributed by atoms with Gasteiger partial charge in [-0.15, -0.1) is 0 Å². The van der Waals surface area contributed by atoms with Gasteiger partial charge in [0.25, 0.3) is 5.91 Å². The number of nitrogens with one attached hydrogen (secondary N) is 1. The lowest BCUT2D eigenvalue weighted by atomic mass is 10.1. The Hall–Kier alpha value is -3.09. The van der Waals surface area contributed by atoms with Crippen LogP contribution in [0.3, 0.4) is 0 Å². The summed E-state index contributed by atoms with van der Waals surface area (Å²) < 4.78 is 11.0. The van der Waals surface area contributed by atoms with Crippen molar-refractivity contribution in [2.75, 3.05) is 12.4 Å². The van der Waals surface area contributed by atoms with Crippen LogP contribution in [-0.2, 0) is 0 Å². The Balaban J connectivity index is 1.67. The molecule has 0 spiro atoms. The number of hydrogen-bond acceptors (Lipinski definition) is 5. The van der Waals surface area contributed by atoms with E-state index in [4.69, 9.17) is 32.4 Å². The molecule has 0 aliphatic heterocycles. The highest BCUT2D eigenvalue weighted by Crippen LogP contribution is 2.32. The maximum absolute atomic E-state index is 12.7. The fourth-order valence-electron chi connectivity index (χ4n) is 2.71. The molecule has 1 amide bonds. The number of halogens is 2. The summed E-state index contributed by atoms with van der Waals surface area (Å²) in [5, 5.41) is 3.68. The Bertz CT molecular complexity index is 1160. The van der Waals surface area contributed by atoms with Gasteiger partial charge in [0, 0.05) is 16.9 Å². The second-order valence-corrected chi connectivity index (χ2v) is 6.68. The molecule has 2 aromatic heterocycles. The third-order valence-corrected chi connectivity index (χ3v) is 4.59. The molecule has 6 nitrogen and oxygen atoms in total. The molecule has 0 atom stereocenters. The van der Waals surface area contributed by atoms with Crippen molar-refractivity contribution in [3.63, 3.8) is 0 Å². The van der Waals surface area contributed by atoms with Gasteiger partial charge in [-0.3, -0.25) is 4.79 Å². The van der Waals surface area contributed by atoms with Crippen LogP contribution in [0.1, 0.15) is 10.4 Å². The number of pyridine rings is 1. The van der Waals surface area contributed by atoms with Gasteiger partial charge in [-0.25, -0.2) is 4.98 Å². The predicted octanol–water partition coefficient (Wildman–Crippen LogP) is 5.46. The van der Waals surface area contributed by atoms with Gasteiger partial charge in [-0.2, -0.15) is 4.98 Å². The van der Waals surface area contributed by atoms with Gasteiger partial charge in [0.05, 0.1) is 23.3 Å². The molecule has 28 heavy (non-hydrogen) atoms. The van der Waals surface area contributed by atoms with E-state index in [1.165, 1.54) is 7.11 Å². The smallest absolute Gasteiger partial charge is 0.259 e. The van der Waals surface area contributed by atoms with Gasteiger partial charge in [-0.1, -0.05) is 23.2 Å². The Morgan fingerprint density at radius 1 is 1.14 bits per heavy atom. The second-order valence-electron chi connectivity index (χ2n) is 5.84. The third kappa shape index (κ3) is 3.52. The fourth-order valence-corrected chi connectivity index (χ4v) is 3.08. The SMILES string of the molecule is COc1ccc(Cl)cc1C(=O)Nc1ccc(Cl)c(-c2nc3ncccc3o2)c1. The highest BCUT2D eigenvalue weighted by atomic mass is 35.5. The van der Waals surface area contributed by atoms with Crippen molar-refractivity contribution < 1.29 is 13.9 Å². The Morgan fingerprint density at radius 3 is 2.79 bits per heavy atom. The molecule has 0 bridgehead atoms. The Morgan fingerprint density at radius 2 is 2.00 bits per heavy atom. The lowest BCUT2D eigenvalue weighted by Crippen LogP contribution is -2.13. The van der Waals surface area contributed by atoms with Crippen molar-refractivity contribution in [2.24, 2.45) is 0 Å². The minimum absolute atomic E-state index is 0.315. The summed E-state index contributed by atoms with van der Waals surface area (Å²) in [4.78, 5) is 21.2. The maximum atomic E-state index is 12.7. The molecule has 2 aromatic carbocycles. The number of rotatable bonds is 4. The standard InChI is InChI=1S/C20H13Cl2N3O3/c1-27-16-7-4-11(21)9-14(16)19(26)24-12-5-6-15(22)13(10-12)20-25-18-17(28-20)3-2-8-23-18/h2-10H,1H3,(H,24,26). The molecular formula is C20H13Cl2N3O3. The van der Waals surface area contributed by atoms with Crippen LogP contribution in [0.15, 0.2) is 59.1 Å². The first-order valence-corrected chi connectivity index (χ1v) is 8.97. The summed E-state index contributed by atoms with van der Waals surface area (Å²) in [6.07, 6.45) is 1.63. The van der Waals surface area contributed by atoms with E-state index in [0.29, 0.717) is 49.7 Å². The number of carbonyl (C=O) groups is 1. The van der Waals surface area contributed by atoms with Crippen molar-refractivity contribution in [3.8, 4) is 17.2 Å². The molecule has 8 heteroatoms. The number of methoxy groups -OCH3 is 1. The van der Waals surface area contributed by atoms with Crippen LogP contribution in [0.4, 0.5) is 5.69 Å². The van der Waals surface area contributed by atoms with Crippen LogP contribution in [-0.4, -0.2) is 23.0 Å². The van der Waals surface area contributed by atoms with Crippen LogP contribution in [0.25, 0.3) is 22.7 Å². The van der Waals surface area contributed by atoms with Crippen LogP contribution in [0.5, 0.6) is 5.75 Å². The molecule has 140 valence electrons. The van der Waals surface area contributed by atoms with Gasteiger partial charge in [0.2, 0.25) is 5.89 Å². The van der Waals surface area contributed by atoms with Crippen LogP contribution < -0.4 is 10.1 Å². The van der Waals surface area contributed by atoms with Crippen LogP contribution in [0, 0.1) is 0 Å². The van der Waals surface area contributed by atoms with Gasteiger partial charge >= 0.3 is 0 Å². The Labute approximate surface area is 170 Å². The molecule has 4 rings (SSSR count). The summed E-state index contributed by atoms with van der Waals surface area (Å²) in [6, 6.07) is 13.4. The average molecular weight is 414 g/mol. The first-order chi connectivity index (χ1) is 13.5. The minimum atomic E-state index is -0.369. The number of hydrogen-bond donors (Lipinski definition) is 1. The number of oxazole rings is 1. The molecule has 0 radical (unpaired) electrons. The second kappa shape index (κ2) is 7.50. The molecule has 0 saturated heterocycles.